The zero-order valence-electron chi connectivity index (χ0n) is 12.8. The Balaban J connectivity index is 2.08. The van der Waals surface area contributed by atoms with Crippen LogP contribution in [0.1, 0.15) is 30.5 Å². The number of nitrogens with one attached hydrogen (secondary N) is 1. The third kappa shape index (κ3) is 4.87. The van der Waals surface area contributed by atoms with Crippen LogP contribution in [-0.2, 0) is 13.2 Å². The molecule has 21 heavy (non-hydrogen) atoms. The van der Waals surface area contributed by atoms with E-state index in [1.807, 2.05) is 12.1 Å². The first-order valence-electron chi connectivity index (χ1n) is 7.25. The molecule has 2 nitrogen and oxygen atoms in total. The number of hydrogen-bond acceptors (Lipinski definition) is 2. The van der Waals surface area contributed by atoms with Gasteiger partial charge in [0.05, 0.1) is 0 Å². The van der Waals surface area contributed by atoms with E-state index in [1.54, 1.807) is 6.07 Å². The lowest BCUT2D eigenvalue weighted by Gasteiger charge is -2.14. The number of halogens is 1. The quantitative estimate of drug-likeness (QED) is 0.859. The molecule has 1 N–H and O–H groups in total. The van der Waals surface area contributed by atoms with E-state index in [1.165, 1.54) is 17.7 Å². The van der Waals surface area contributed by atoms with Gasteiger partial charge < -0.3 is 10.1 Å². The number of rotatable bonds is 6. The summed E-state index contributed by atoms with van der Waals surface area (Å²) < 4.78 is 19.3. The molecule has 0 bridgehead atoms. The van der Waals surface area contributed by atoms with Crippen LogP contribution in [0.2, 0.25) is 0 Å². The minimum absolute atomic E-state index is 0.238. The zero-order chi connectivity index (χ0) is 15.2. The first-order valence-corrected chi connectivity index (χ1v) is 7.25. The van der Waals surface area contributed by atoms with Crippen LogP contribution >= 0.6 is 0 Å². The van der Waals surface area contributed by atoms with Gasteiger partial charge in [0, 0.05) is 18.2 Å². The van der Waals surface area contributed by atoms with Crippen molar-refractivity contribution >= 4 is 0 Å². The van der Waals surface area contributed by atoms with Gasteiger partial charge in [-0.1, -0.05) is 43.7 Å². The molecular weight excluding hydrogens is 265 g/mol. The molecule has 0 aliphatic heterocycles. The number of hydrogen-bond donors (Lipinski definition) is 1. The van der Waals surface area contributed by atoms with E-state index < -0.39 is 0 Å². The van der Waals surface area contributed by atoms with Crippen molar-refractivity contribution in [1.82, 2.24) is 5.32 Å². The van der Waals surface area contributed by atoms with Gasteiger partial charge in [0.15, 0.2) is 0 Å². The van der Waals surface area contributed by atoms with Crippen LogP contribution in [0.25, 0.3) is 0 Å². The second-order valence-electron chi connectivity index (χ2n) is 5.57. The maximum atomic E-state index is 13.4. The van der Waals surface area contributed by atoms with Gasteiger partial charge in [0.2, 0.25) is 0 Å². The van der Waals surface area contributed by atoms with Crippen molar-refractivity contribution < 1.29 is 9.13 Å². The largest absolute Gasteiger partial charge is 0.489 e. The summed E-state index contributed by atoms with van der Waals surface area (Å²) in [4.78, 5) is 0. The predicted octanol–water partition coefficient (Wildman–Crippen LogP) is 4.21. The topological polar surface area (TPSA) is 21.3 Å². The van der Waals surface area contributed by atoms with Gasteiger partial charge in [-0.15, -0.1) is 0 Å². The number of benzene rings is 2. The summed E-state index contributed by atoms with van der Waals surface area (Å²) >= 11 is 0. The summed E-state index contributed by atoms with van der Waals surface area (Å²) in [5.41, 5.74) is 3.16. The Kier molecular flexibility index (Phi) is 5.34. The van der Waals surface area contributed by atoms with E-state index in [4.69, 9.17) is 4.74 Å². The van der Waals surface area contributed by atoms with Crippen LogP contribution in [0.4, 0.5) is 4.39 Å². The van der Waals surface area contributed by atoms with E-state index in [0.29, 0.717) is 19.2 Å². The molecule has 0 unspecified atom stereocenters. The van der Waals surface area contributed by atoms with Crippen molar-refractivity contribution in [2.24, 2.45) is 0 Å². The third-order valence-electron chi connectivity index (χ3n) is 3.20. The van der Waals surface area contributed by atoms with E-state index in [2.05, 4.69) is 38.2 Å². The van der Waals surface area contributed by atoms with Gasteiger partial charge in [-0.2, -0.15) is 0 Å². The van der Waals surface area contributed by atoms with Crippen LogP contribution in [0.3, 0.4) is 0 Å². The van der Waals surface area contributed by atoms with Gasteiger partial charge in [0.1, 0.15) is 18.2 Å². The molecule has 0 radical (unpaired) electrons. The van der Waals surface area contributed by atoms with E-state index in [9.17, 15) is 4.39 Å². The molecule has 112 valence electrons. The molecule has 0 spiro atoms. The van der Waals surface area contributed by atoms with Crippen molar-refractivity contribution in [1.29, 1.82) is 0 Å². The molecular formula is C18H22FNO. The lowest BCUT2D eigenvalue weighted by Crippen LogP contribution is -2.22. The average molecular weight is 287 g/mol. The molecule has 0 atom stereocenters. The number of aryl methyl sites for hydroxylation is 1. The minimum atomic E-state index is -0.238. The minimum Gasteiger partial charge on any atom is -0.489 e. The SMILES string of the molecule is Cc1cccc(COc2ccc(F)cc2CNC(C)C)c1. The second-order valence-corrected chi connectivity index (χ2v) is 5.57. The molecule has 0 saturated carbocycles. The summed E-state index contributed by atoms with van der Waals surface area (Å²) in [6, 6.07) is 13.2. The highest BCUT2D eigenvalue weighted by Crippen LogP contribution is 2.21. The van der Waals surface area contributed by atoms with Gasteiger partial charge in [0.25, 0.3) is 0 Å². The molecule has 0 aliphatic carbocycles. The summed E-state index contributed by atoms with van der Waals surface area (Å²) in [5.74, 6) is 0.490. The second kappa shape index (κ2) is 7.23. The zero-order valence-corrected chi connectivity index (χ0v) is 12.8. The van der Waals surface area contributed by atoms with Crippen molar-refractivity contribution in [2.75, 3.05) is 0 Å². The van der Waals surface area contributed by atoms with Gasteiger partial charge >= 0.3 is 0 Å². The molecule has 2 aromatic rings. The summed E-state index contributed by atoms with van der Waals surface area (Å²) in [5, 5.41) is 3.29. The highest BCUT2D eigenvalue weighted by Gasteiger charge is 2.07. The van der Waals surface area contributed by atoms with Crippen molar-refractivity contribution in [2.45, 2.75) is 40.0 Å². The first-order chi connectivity index (χ1) is 10.0. The summed E-state index contributed by atoms with van der Waals surface area (Å²) in [6.45, 7) is 7.26. The Morgan fingerprint density at radius 2 is 1.95 bits per heavy atom. The van der Waals surface area contributed by atoms with Crippen LogP contribution in [0.5, 0.6) is 5.75 Å². The molecule has 2 rings (SSSR count). The fourth-order valence-electron chi connectivity index (χ4n) is 2.10. The van der Waals surface area contributed by atoms with Crippen LogP contribution in [0.15, 0.2) is 42.5 Å². The first kappa shape index (κ1) is 15.5. The Labute approximate surface area is 126 Å². The Morgan fingerprint density at radius 1 is 1.14 bits per heavy atom. The van der Waals surface area contributed by atoms with Crippen molar-refractivity contribution in [3.05, 3.63) is 65.0 Å². The Hall–Kier alpha value is -1.87. The maximum absolute atomic E-state index is 13.4. The summed E-state index contributed by atoms with van der Waals surface area (Å²) in [7, 11) is 0. The number of ether oxygens (including phenoxy) is 1. The fourth-order valence-corrected chi connectivity index (χ4v) is 2.10. The van der Waals surface area contributed by atoms with E-state index in [0.717, 1.165) is 16.9 Å². The monoisotopic (exact) mass is 287 g/mol. The standard InChI is InChI=1S/C18H22FNO/c1-13(2)20-11-16-10-17(19)7-8-18(16)21-12-15-6-4-5-14(3)9-15/h4-10,13,20H,11-12H2,1-3H3. The lowest BCUT2D eigenvalue weighted by atomic mass is 10.1. The van der Waals surface area contributed by atoms with Crippen LogP contribution in [-0.4, -0.2) is 6.04 Å². The smallest absolute Gasteiger partial charge is 0.124 e. The molecule has 0 aliphatic rings. The van der Waals surface area contributed by atoms with Crippen LogP contribution in [0, 0.1) is 12.7 Å². The molecule has 3 heteroatoms. The normalized spacial score (nSPS) is 10.9. The van der Waals surface area contributed by atoms with Crippen molar-refractivity contribution in [3.63, 3.8) is 0 Å². The van der Waals surface area contributed by atoms with E-state index >= 15 is 0 Å². The maximum Gasteiger partial charge on any atom is 0.124 e. The predicted molar refractivity (Wildman–Crippen MR) is 83.9 cm³/mol. The highest BCUT2D eigenvalue weighted by atomic mass is 19.1. The lowest BCUT2D eigenvalue weighted by molar-refractivity contribution is 0.301. The molecule has 0 heterocycles. The molecule has 0 fully saturated rings. The summed E-state index contributed by atoms with van der Waals surface area (Å²) in [6.07, 6.45) is 0. The highest BCUT2D eigenvalue weighted by molar-refractivity contribution is 5.34. The van der Waals surface area contributed by atoms with Gasteiger partial charge in [-0.3, -0.25) is 0 Å². The van der Waals surface area contributed by atoms with Crippen LogP contribution < -0.4 is 10.1 Å². The molecule has 0 saturated heterocycles. The average Bonchev–Trinajstić information content (AvgIpc) is 2.44. The Morgan fingerprint density at radius 3 is 2.67 bits per heavy atom. The molecule has 2 aromatic carbocycles. The molecule has 0 aromatic heterocycles. The van der Waals surface area contributed by atoms with Gasteiger partial charge in [-0.25, -0.2) is 4.39 Å². The molecule has 0 amide bonds. The van der Waals surface area contributed by atoms with Crippen molar-refractivity contribution in [3.8, 4) is 5.75 Å². The fraction of sp³-hybridized carbons (Fsp3) is 0.333. The third-order valence-corrected chi connectivity index (χ3v) is 3.20. The van der Waals surface area contributed by atoms with E-state index in [-0.39, 0.29) is 5.82 Å². The van der Waals surface area contributed by atoms with Gasteiger partial charge in [-0.05, 0) is 30.7 Å². The Bertz CT molecular complexity index is 596.